The van der Waals surface area contributed by atoms with E-state index in [9.17, 15) is 4.79 Å². The van der Waals surface area contributed by atoms with Crippen LogP contribution < -0.4 is 10.6 Å². The number of fused-ring (bicyclic) bond motifs is 1. The van der Waals surface area contributed by atoms with Gasteiger partial charge in [0.2, 0.25) is 0 Å². The van der Waals surface area contributed by atoms with Crippen molar-refractivity contribution in [2.75, 3.05) is 0 Å². The van der Waals surface area contributed by atoms with E-state index in [4.69, 9.17) is 0 Å². The Kier molecular flexibility index (Phi) is 5.01. The molecule has 1 atom stereocenters. The number of urea groups is 1. The highest BCUT2D eigenvalue weighted by molar-refractivity contribution is 5.74. The molecule has 1 aromatic carbocycles. The minimum Gasteiger partial charge on any atom is -0.335 e. The summed E-state index contributed by atoms with van der Waals surface area (Å²) in [4.78, 5) is 12.2. The predicted molar refractivity (Wildman–Crippen MR) is 90.0 cm³/mol. The van der Waals surface area contributed by atoms with E-state index in [1.165, 1.54) is 61.6 Å². The monoisotopic (exact) mass is 300 g/mol. The largest absolute Gasteiger partial charge is 0.335 e. The zero-order valence-corrected chi connectivity index (χ0v) is 13.7. The Morgan fingerprint density at radius 3 is 2.55 bits per heavy atom. The van der Waals surface area contributed by atoms with Gasteiger partial charge in [-0.2, -0.15) is 0 Å². The van der Waals surface area contributed by atoms with Crippen molar-refractivity contribution in [2.45, 2.75) is 76.8 Å². The van der Waals surface area contributed by atoms with Crippen molar-refractivity contribution in [3.63, 3.8) is 0 Å². The quantitative estimate of drug-likeness (QED) is 0.860. The number of hydrogen-bond donors (Lipinski definition) is 2. The number of carbonyl (C=O) groups is 1. The second-order valence-corrected chi connectivity index (χ2v) is 6.91. The summed E-state index contributed by atoms with van der Waals surface area (Å²) in [7, 11) is 0. The van der Waals surface area contributed by atoms with Crippen LogP contribution in [-0.2, 0) is 12.8 Å². The van der Waals surface area contributed by atoms with E-state index < -0.39 is 0 Å². The Hall–Kier alpha value is -1.51. The van der Waals surface area contributed by atoms with E-state index in [0.29, 0.717) is 6.04 Å². The lowest BCUT2D eigenvalue weighted by Gasteiger charge is -2.25. The minimum absolute atomic E-state index is 0.0166. The fourth-order valence-corrected chi connectivity index (χ4v) is 3.78. The number of hydrogen-bond acceptors (Lipinski definition) is 1. The first-order chi connectivity index (χ1) is 10.7. The number of nitrogens with one attached hydrogen (secondary N) is 2. The minimum atomic E-state index is -0.0166. The summed E-state index contributed by atoms with van der Waals surface area (Å²) in [6.45, 7) is 2.07. The van der Waals surface area contributed by atoms with Crippen LogP contribution in [0, 0.1) is 0 Å². The molecule has 0 heterocycles. The Balaban J connectivity index is 1.56. The van der Waals surface area contributed by atoms with Crippen LogP contribution in [0.25, 0.3) is 0 Å². The topological polar surface area (TPSA) is 41.1 Å². The van der Waals surface area contributed by atoms with Gasteiger partial charge in [-0.3, -0.25) is 0 Å². The first-order valence-electron chi connectivity index (χ1n) is 8.91. The van der Waals surface area contributed by atoms with Crippen LogP contribution >= 0.6 is 0 Å². The van der Waals surface area contributed by atoms with Gasteiger partial charge in [-0.1, -0.05) is 37.5 Å². The lowest BCUT2D eigenvalue weighted by molar-refractivity contribution is 0.229. The molecule has 22 heavy (non-hydrogen) atoms. The van der Waals surface area contributed by atoms with Gasteiger partial charge in [0.1, 0.15) is 0 Å². The Morgan fingerprint density at radius 1 is 1.05 bits per heavy atom. The normalized spacial score (nSPS) is 20.0. The van der Waals surface area contributed by atoms with Crippen LogP contribution in [0.2, 0.25) is 0 Å². The predicted octanol–water partition coefficient (Wildman–Crippen LogP) is 4.26. The zero-order chi connectivity index (χ0) is 15.4. The molecule has 0 saturated heterocycles. The molecular weight excluding hydrogens is 272 g/mol. The summed E-state index contributed by atoms with van der Waals surface area (Å²) >= 11 is 0. The molecule has 3 heteroatoms. The maximum atomic E-state index is 12.2. The molecule has 2 aliphatic carbocycles. The van der Waals surface area contributed by atoms with Gasteiger partial charge in [0.15, 0.2) is 0 Å². The fraction of sp³-hybridized carbons (Fsp3) is 0.632. The summed E-state index contributed by atoms with van der Waals surface area (Å²) in [5.41, 5.74) is 4.19. The van der Waals surface area contributed by atoms with Crippen LogP contribution in [0.3, 0.4) is 0 Å². The van der Waals surface area contributed by atoms with Crippen molar-refractivity contribution in [1.29, 1.82) is 0 Å². The average Bonchev–Trinajstić information content (AvgIpc) is 2.55. The molecule has 0 aliphatic heterocycles. The zero-order valence-electron chi connectivity index (χ0n) is 13.7. The van der Waals surface area contributed by atoms with E-state index >= 15 is 0 Å². The average molecular weight is 300 g/mol. The number of amides is 2. The van der Waals surface area contributed by atoms with E-state index in [0.717, 1.165) is 12.8 Å². The highest BCUT2D eigenvalue weighted by Gasteiger charge is 2.18. The lowest BCUT2D eigenvalue weighted by Crippen LogP contribution is -2.43. The molecule has 0 bridgehead atoms. The summed E-state index contributed by atoms with van der Waals surface area (Å²) in [5, 5.41) is 6.23. The molecule has 1 saturated carbocycles. The summed E-state index contributed by atoms with van der Waals surface area (Å²) in [5.74, 6) is 0. The number of aryl methyl sites for hydroxylation is 2. The van der Waals surface area contributed by atoms with E-state index in [2.05, 4.69) is 35.8 Å². The maximum Gasteiger partial charge on any atom is 0.315 e. The number of carbonyl (C=O) groups excluding carboxylic acids is 1. The highest BCUT2D eigenvalue weighted by atomic mass is 16.2. The van der Waals surface area contributed by atoms with Gasteiger partial charge in [0.05, 0.1) is 6.04 Å². The fourth-order valence-electron chi connectivity index (χ4n) is 3.78. The molecular formula is C19H28N2O. The van der Waals surface area contributed by atoms with Crippen LogP contribution in [0.5, 0.6) is 0 Å². The van der Waals surface area contributed by atoms with Gasteiger partial charge in [-0.05, 0) is 62.1 Å². The molecule has 2 N–H and O–H groups in total. The first kappa shape index (κ1) is 15.4. The Labute approximate surface area is 133 Å². The van der Waals surface area contributed by atoms with Gasteiger partial charge in [0.25, 0.3) is 0 Å². The molecule has 0 radical (unpaired) electrons. The van der Waals surface area contributed by atoms with Crippen molar-refractivity contribution in [1.82, 2.24) is 10.6 Å². The molecule has 1 aromatic rings. The molecule has 2 amide bonds. The molecule has 2 aliphatic rings. The highest BCUT2D eigenvalue weighted by Crippen LogP contribution is 2.25. The van der Waals surface area contributed by atoms with Crippen molar-refractivity contribution < 1.29 is 4.79 Å². The first-order valence-corrected chi connectivity index (χ1v) is 8.91. The summed E-state index contributed by atoms with van der Waals surface area (Å²) in [6, 6.07) is 7.13. The smallest absolute Gasteiger partial charge is 0.315 e. The Morgan fingerprint density at radius 2 is 1.77 bits per heavy atom. The molecule has 3 nitrogen and oxygen atoms in total. The van der Waals surface area contributed by atoms with Gasteiger partial charge in [-0.25, -0.2) is 4.79 Å². The van der Waals surface area contributed by atoms with Crippen molar-refractivity contribution in [3.8, 4) is 0 Å². The molecule has 0 spiro atoms. The van der Waals surface area contributed by atoms with Gasteiger partial charge >= 0.3 is 6.03 Å². The van der Waals surface area contributed by atoms with Gasteiger partial charge in [-0.15, -0.1) is 0 Å². The van der Waals surface area contributed by atoms with Gasteiger partial charge < -0.3 is 10.6 Å². The van der Waals surface area contributed by atoms with Crippen molar-refractivity contribution >= 4 is 6.03 Å². The van der Waals surface area contributed by atoms with Crippen LogP contribution in [-0.4, -0.2) is 12.1 Å². The third-order valence-electron chi connectivity index (χ3n) is 5.16. The van der Waals surface area contributed by atoms with E-state index in [1.807, 2.05) is 0 Å². The molecule has 3 rings (SSSR count). The van der Waals surface area contributed by atoms with Crippen molar-refractivity contribution in [3.05, 3.63) is 34.9 Å². The molecule has 0 aromatic heterocycles. The SMILES string of the molecule is CC(NC(=O)NC1CCCCC1)c1ccc2c(c1)CCCC2. The standard InChI is InChI=1S/C19H28N2O/c1-14(20-19(22)21-18-9-3-2-4-10-18)16-12-11-15-7-5-6-8-17(15)13-16/h11-14,18H,2-10H2,1H3,(H2,20,21,22). The third kappa shape index (κ3) is 3.82. The van der Waals surface area contributed by atoms with Crippen LogP contribution in [0.1, 0.15) is 74.6 Å². The third-order valence-corrected chi connectivity index (χ3v) is 5.16. The number of rotatable bonds is 3. The van der Waals surface area contributed by atoms with E-state index in [-0.39, 0.29) is 12.1 Å². The van der Waals surface area contributed by atoms with E-state index in [1.54, 1.807) is 0 Å². The van der Waals surface area contributed by atoms with Crippen LogP contribution in [0.4, 0.5) is 4.79 Å². The summed E-state index contributed by atoms with van der Waals surface area (Å²) in [6.07, 6.45) is 11.0. The molecule has 1 unspecified atom stereocenters. The second kappa shape index (κ2) is 7.17. The maximum absolute atomic E-state index is 12.2. The second-order valence-electron chi connectivity index (χ2n) is 6.91. The van der Waals surface area contributed by atoms with Gasteiger partial charge in [0, 0.05) is 6.04 Å². The lowest BCUT2D eigenvalue weighted by atomic mass is 9.89. The molecule has 1 fully saturated rings. The number of benzene rings is 1. The summed E-state index contributed by atoms with van der Waals surface area (Å²) < 4.78 is 0. The van der Waals surface area contributed by atoms with Crippen molar-refractivity contribution in [2.24, 2.45) is 0 Å². The van der Waals surface area contributed by atoms with Crippen LogP contribution in [0.15, 0.2) is 18.2 Å². The Bertz CT molecular complexity index is 520. The molecule has 120 valence electrons.